The first kappa shape index (κ1) is 29.9. The molecule has 0 saturated carbocycles. The molecule has 34 heavy (non-hydrogen) atoms. The fraction of sp³-hybridized carbons (Fsp3) is 0.667. The summed E-state index contributed by atoms with van der Waals surface area (Å²) >= 11 is 1.68. The number of amidine groups is 1. The number of aryl methyl sites for hydroxylation is 1. The Morgan fingerprint density at radius 3 is 2.44 bits per heavy atom. The maximum absolute atomic E-state index is 13.5. The van der Waals surface area contributed by atoms with Gasteiger partial charge in [-0.05, 0) is 69.0 Å². The van der Waals surface area contributed by atoms with Crippen LogP contribution in [0.3, 0.4) is 0 Å². The SMILES string of the molecule is CCCCCCCC[NH+]=C(SCC)N(C(=O)Nc1ccc(C)c(N=C=O)c1)C(C)CCCCC. The van der Waals surface area contributed by atoms with Crippen LogP contribution < -0.4 is 10.3 Å². The van der Waals surface area contributed by atoms with E-state index in [9.17, 15) is 9.59 Å². The lowest BCUT2D eigenvalue weighted by Gasteiger charge is -2.23. The molecule has 1 aromatic carbocycles. The van der Waals surface area contributed by atoms with Crippen molar-refractivity contribution < 1.29 is 14.6 Å². The van der Waals surface area contributed by atoms with E-state index in [-0.39, 0.29) is 12.1 Å². The lowest BCUT2D eigenvalue weighted by molar-refractivity contribution is -0.459. The van der Waals surface area contributed by atoms with E-state index in [0.29, 0.717) is 11.4 Å². The highest BCUT2D eigenvalue weighted by Crippen LogP contribution is 2.24. The average molecular weight is 490 g/mol. The van der Waals surface area contributed by atoms with Crippen LogP contribution in [0.2, 0.25) is 0 Å². The Labute approximate surface area is 211 Å². The van der Waals surface area contributed by atoms with Crippen LogP contribution in [0, 0.1) is 6.92 Å². The molecule has 0 aliphatic rings. The number of unbranched alkanes of at least 4 members (excludes halogenated alkanes) is 7. The second-order valence-electron chi connectivity index (χ2n) is 8.78. The maximum Gasteiger partial charge on any atom is 0.413 e. The standard InChI is InChI=1S/C27H44N4O2S/c1-6-9-11-12-13-15-19-28-27(34-8-3)31(23(5)16-14-10-7-2)26(33)30-24-18-17-22(4)25(20-24)29-21-32/h17-18,20,23H,6-16,19H2,1-5H3,(H,30,33)/p+1. The monoisotopic (exact) mass is 489 g/mol. The van der Waals surface area contributed by atoms with Crippen LogP contribution in [0.4, 0.5) is 16.2 Å². The molecule has 2 amide bonds. The third kappa shape index (κ3) is 11.3. The van der Waals surface area contributed by atoms with E-state index in [2.05, 4.69) is 43.0 Å². The van der Waals surface area contributed by atoms with Crippen molar-refractivity contribution in [2.24, 2.45) is 4.99 Å². The first-order chi connectivity index (χ1) is 16.5. The smallest absolute Gasteiger partial charge is 0.288 e. The van der Waals surface area contributed by atoms with Gasteiger partial charge in [0.05, 0.1) is 12.2 Å². The number of isocyanates is 1. The van der Waals surface area contributed by atoms with E-state index in [4.69, 9.17) is 0 Å². The van der Waals surface area contributed by atoms with Gasteiger partial charge in [0.25, 0.3) is 0 Å². The van der Waals surface area contributed by atoms with Crippen LogP contribution >= 0.6 is 11.8 Å². The zero-order valence-corrected chi connectivity index (χ0v) is 22.7. The number of carbonyl (C=O) groups is 1. The van der Waals surface area contributed by atoms with Gasteiger partial charge in [0.15, 0.2) is 0 Å². The van der Waals surface area contributed by atoms with E-state index in [0.717, 1.165) is 55.1 Å². The number of carbonyl (C=O) groups excluding carboxylic acids is 2. The Hall–Kier alpha value is -2.11. The molecular formula is C27H45N4O2S+. The molecule has 0 aromatic heterocycles. The number of thioether (sulfide) groups is 1. The molecule has 190 valence electrons. The molecule has 1 rings (SSSR count). The van der Waals surface area contributed by atoms with E-state index < -0.39 is 0 Å². The van der Waals surface area contributed by atoms with Crippen LogP contribution in [0.25, 0.3) is 0 Å². The minimum Gasteiger partial charge on any atom is -0.288 e. The lowest BCUT2D eigenvalue weighted by atomic mass is 10.1. The summed E-state index contributed by atoms with van der Waals surface area (Å²) in [6.07, 6.45) is 13.4. The molecule has 0 aliphatic carbocycles. The van der Waals surface area contributed by atoms with Crippen molar-refractivity contribution in [2.45, 2.75) is 105 Å². The number of urea groups is 1. The minimum atomic E-state index is -0.166. The molecule has 2 N–H and O–H groups in total. The first-order valence-corrected chi connectivity index (χ1v) is 14.0. The normalized spacial score (nSPS) is 12.2. The number of hydrogen-bond donors (Lipinski definition) is 2. The van der Waals surface area contributed by atoms with Crippen LogP contribution in [0.1, 0.15) is 97.5 Å². The maximum atomic E-state index is 13.5. The third-order valence-corrected chi connectivity index (χ3v) is 6.72. The average Bonchev–Trinajstić information content (AvgIpc) is 2.81. The summed E-state index contributed by atoms with van der Waals surface area (Å²) in [5, 5.41) is 3.94. The number of nitrogens with zero attached hydrogens (tertiary/aromatic N) is 2. The second-order valence-corrected chi connectivity index (χ2v) is 10.0. The number of anilines is 1. The minimum absolute atomic E-state index is 0.0653. The van der Waals surface area contributed by atoms with E-state index in [1.54, 1.807) is 23.9 Å². The summed E-state index contributed by atoms with van der Waals surface area (Å²) in [6.45, 7) is 11.4. The number of aliphatic imine (C=N–C) groups is 1. The Balaban J connectivity index is 3.03. The predicted octanol–water partition coefficient (Wildman–Crippen LogP) is 6.32. The Bertz CT molecular complexity index is 806. The van der Waals surface area contributed by atoms with Crippen LogP contribution in [-0.2, 0) is 4.79 Å². The van der Waals surface area contributed by atoms with Crippen LogP contribution in [0.15, 0.2) is 23.2 Å². The molecule has 0 aliphatic heterocycles. The fourth-order valence-electron chi connectivity index (χ4n) is 3.80. The van der Waals surface area contributed by atoms with Crippen molar-refractivity contribution >= 4 is 40.4 Å². The predicted molar refractivity (Wildman–Crippen MR) is 146 cm³/mol. The van der Waals surface area contributed by atoms with Gasteiger partial charge in [0.1, 0.15) is 6.04 Å². The quantitative estimate of drug-likeness (QED) is 0.131. The summed E-state index contributed by atoms with van der Waals surface area (Å²) in [7, 11) is 0. The number of hydrogen-bond acceptors (Lipinski definition) is 4. The van der Waals surface area contributed by atoms with Crippen molar-refractivity contribution in [1.29, 1.82) is 0 Å². The summed E-state index contributed by atoms with van der Waals surface area (Å²) in [6, 6.07) is 5.31. The second kappa shape index (κ2) is 18.2. The first-order valence-electron chi connectivity index (χ1n) is 13.0. The number of nitrogens with one attached hydrogen (secondary N) is 2. The van der Waals surface area contributed by atoms with Crippen LogP contribution in [-0.4, -0.2) is 40.5 Å². The van der Waals surface area contributed by atoms with Gasteiger partial charge in [-0.15, -0.1) is 0 Å². The van der Waals surface area contributed by atoms with Gasteiger partial charge < -0.3 is 0 Å². The topological polar surface area (TPSA) is 75.7 Å². The molecule has 0 bridgehead atoms. The van der Waals surface area contributed by atoms with E-state index in [1.807, 2.05) is 24.0 Å². The van der Waals surface area contributed by atoms with Crippen LogP contribution in [0.5, 0.6) is 0 Å². The van der Waals surface area contributed by atoms with Crippen molar-refractivity contribution in [1.82, 2.24) is 4.90 Å². The van der Waals surface area contributed by atoms with Crippen molar-refractivity contribution in [3.8, 4) is 0 Å². The molecule has 1 unspecified atom stereocenters. The van der Waals surface area contributed by atoms with Crippen molar-refractivity contribution in [3.63, 3.8) is 0 Å². The molecular weight excluding hydrogens is 444 g/mol. The molecule has 7 heteroatoms. The Kier molecular flexibility index (Phi) is 16.1. The number of rotatable bonds is 15. The summed E-state index contributed by atoms with van der Waals surface area (Å²) < 4.78 is 0. The molecule has 1 atom stereocenters. The largest absolute Gasteiger partial charge is 0.413 e. The molecule has 0 saturated heterocycles. The summed E-state index contributed by atoms with van der Waals surface area (Å²) in [5.41, 5.74) is 2.00. The van der Waals surface area contributed by atoms with Gasteiger partial charge in [-0.2, -0.15) is 9.89 Å². The fourth-order valence-corrected chi connectivity index (χ4v) is 4.67. The highest BCUT2D eigenvalue weighted by Gasteiger charge is 2.33. The molecule has 0 spiro atoms. The molecule has 0 heterocycles. The van der Waals surface area contributed by atoms with Gasteiger partial charge >= 0.3 is 11.2 Å². The van der Waals surface area contributed by atoms with Crippen molar-refractivity contribution in [3.05, 3.63) is 23.8 Å². The highest BCUT2D eigenvalue weighted by molar-refractivity contribution is 8.13. The van der Waals surface area contributed by atoms with Gasteiger partial charge in [-0.3, -0.25) is 10.3 Å². The van der Waals surface area contributed by atoms with E-state index in [1.165, 1.54) is 32.1 Å². The van der Waals surface area contributed by atoms with Gasteiger partial charge in [-0.1, -0.05) is 65.4 Å². The molecule has 0 fully saturated rings. The van der Waals surface area contributed by atoms with Crippen molar-refractivity contribution in [2.75, 3.05) is 17.6 Å². The van der Waals surface area contributed by atoms with E-state index >= 15 is 0 Å². The summed E-state index contributed by atoms with van der Waals surface area (Å²) in [4.78, 5) is 33.4. The lowest BCUT2D eigenvalue weighted by Crippen LogP contribution is -2.77. The third-order valence-electron chi connectivity index (χ3n) is 5.82. The number of amides is 2. The summed E-state index contributed by atoms with van der Waals surface area (Å²) in [5.74, 6) is 0.882. The zero-order chi connectivity index (χ0) is 25.2. The molecule has 0 radical (unpaired) electrons. The van der Waals surface area contributed by atoms with Gasteiger partial charge in [-0.25, -0.2) is 9.59 Å². The zero-order valence-electron chi connectivity index (χ0n) is 21.9. The van der Waals surface area contributed by atoms with Gasteiger partial charge in [0.2, 0.25) is 6.08 Å². The Morgan fingerprint density at radius 2 is 1.76 bits per heavy atom. The number of benzene rings is 1. The molecule has 1 aromatic rings. The highest BCUT2D eigenvalue weighted by atomic mass is 32.2. The van der Waals surface area contributed by atoms with Gasteiger partial charge in [0, 0.05) is 11.4 Å². The Morgan fingerprint density at radius 1 is 1.09 bits per heavy atom. The molecule has 6 nitrogen and oxygen atoms in total.